The van der Waals surface area contributed by atoms with Gasteiger partial charge in [-0.05, 0) is 19.1 Å². The summed E-state index contributed by atoms with van der Waals surface area (Å²) >= 11 is 0. The number of ether oxygens (including phenoxy) is 1. The molecule has 0 aliphatic heterocycles. The molecule has 3 nitrogen and oxygen atoms in total. The molecule has 1 aromatic carbocycles. The summed E-state index contributed by atoms with van der Waals surface area (Å²) in [4.78, 5) is 11.8. The molecule has 0 aliphatic carbocycles. The number of benzene rings is 1. The Bertz CT molecular complexity index is 545. The second kappa shape index (κ2) is 4.67. The molecule has 0 bridgehead atoms. The zero-order valence-corrected chi connectivity index (χ0v) is 9.70. The Morgan fingerprint density at radius 3 is 2.94 bits per heavy atom. The minimum atomic E-state index is -0.457. The van der Waals surface area contributed by atoms with Gasteiger partial charge >= 0.3 is 0 Å². The minimum Gasteiger partial charge on any atom is -0.450 e. The van der Waals surface area contributed by atoms with Crippen molar-refractivity contribution in [1.82, 2.24) is 0 Å². The first-order valence-corrected chi connectivity index (χ1v) is 5.36. The van der Waals surface area contributed by atoms with Crippen molar-refractivity contribution < 1.29 is 18.3 Å². The van der Waals surface area contributed by atoms with Gasteiger partial charge in [-0.1, -0.05) is 12.1 Å². The van der Waals surface area contributed by atoms with Crippen LogP contribution in [0.5, 0.6) is 0 Å². The number of rotatable bonds is 4. The molecular weight excluding hydrogens is 223 g/mol. The van der Waals surface area contributed by atoms with E-state index in [2.05, 4.69) is 0 Å². The van der Waals surface area contributed by atoms with Gasteiger partial charge in [-0.2, -0.15) is 0 Å². The molecular formula is C13H13FO3. The van der Waals surface area contributed by atoms with Crippen LogP contribution in [0.25, 0.3) is 11.0 Å². The van der Waals surface area contributed by atoms with Crippen LogP contribution < -0.4 is 0 Å². The third kappa shape index (κ3) is 2.36. The number of hydrogen-bond donors (Lipinski definition) is 0. The largest absolute Gasteiger partial charge is 0.450 e. The lowest BCUT2D eigenvalue weighted by Crippen LogP contribution is -2.11. The predicted octanol–water partition coefficient (Wildman–Crippen LogP) is 3.18. The summed E-state index contributed by atoms with van der Waals surface area (Å²) in [5.41, 5.74) is 0.126. The van der Waals surface area contributed by atoms with E-state index in [4.69, 9.17) is 9.15 Å². The standard InChI is InChI=1S/C13H13FO3/c1-8(16-2)6-11(15)12-7-9-4-3-5-10(14)13(9)17-12/h3-5,7-8H,6H2,1-2H3. The summed E-state index contributed by atoms with van der Waals surface area (Å²) in [6, 6.07) is 6.15. The number of furan rings is 1. The Morgan fingerprint density at radius 2 is 2.29 bits per heavy atom. The lowest BCUT2D eigenvalue weighted by atomic mass is 10.1. The molecule has 1 aromatic heterocycles. The lowest BCUT2D eigenvalue weighted by molar-refractivity contribution is 0.0770. The summed E-state index contributed by atoms with van der Waals surface area (Å²) in [5, 5.41) is 0.596. The molecule has 0 amide bonds. The van der Waals surface area contributed by atoms with Gasteiger partial charge in [0.15, 0.2) is 17.2 Å². The SMILES string of the molecule is COC(C)CC(=O)c1cc2cccc(F)c2o1. The van der Waals surface area contributed by atoms with Gasteiger partial charge < -0.3 is 9.15 Å². The Kier molecular flexibility index (Phi) is 3.24. The third-order valence-electron chi connectivity index (χ3n) is 2.65. The molecule has 1 unspecified atom stereocenters. The van der Waals surface area contributed by atoms with Crippen LogP contribution in [-0.2, 0) is 4.74 Å². The highest BCUT2D eigenvalue weighted by Gasteiger charge is 2.16. The first-order chi connectivity index (χ1) is 8.11. The van der Waals surface area contributed by atoms with E-state index < -0.39 is 5.82 Å². The van der Waals surface area contributed by atoms with Gasteiger partial charge in [0.1, 0.15) is 0 Å². The Labute approximate surface area is 98.2 Å². The van der Waals surface area contributed by atoms with Crippen molar-refractivity contribution in [2.45, 2.75) is 19.4 Å². The maximum absolute atomic E-state index is 13.4. The molecule has 2 aromatic rings. The predicted molar refractivity (Wildman–Crippen MR) is 61.6 cm³/mol. The molecule has 0 spiro atoms. The van der Waals surface area contributed by atoms with E-state index in [1.807, 2.05) is 0 Å². The lowest BCUT2D eigenvalue weighted by Gasteiger charge is -2.05. The van der Waals surface area contributed by atoms with Crippen molar-refractivity contribution in [2.24, 2.45) is 0 Å². The Hall–Kier alpha value is -1.68. The monoisotopic (exact) mass is 236 g/mol. The van der Waals surface area contributed by atoms with E-state index in [9.17, 15) is 9.18 Å². The number of fused-ring (bicyclic) bond motifs is 1. The summed E-state index contributed by atoms with van der Waals surface area (Å²) < 4.78 is 23.6. The van der Waals surface area contributed by atoms with Crippen LogP contribution >= 0.6 is 0 Å². The van der Waals surface area contributed by atoms with Crippen molar-refractivity contribution in [1.29, 1.82) is 0 Å². The third-order valence-corrected chi connectivity index (χ3v) is 2.65. The fraction of sp³-hybridized carbons (Fsp3) is 0.308. The Morgan fingerprint density at radius 1 is 1.53 bits per heavy atom. The van der Waals surface area contributed by atoms with Gasteiger partial charge in [-0.15, -0.1) is 0 Å². The van der Waals surface area contributed by atoms with Gasteiger partial charge in [-0.25, -0.2) is 4.39 Å². The summed E-state index contributed by atoms with van der Waals surface area (Å²) in [6.45, 7) is 1.79. The highest BCUT2D eigenvalue weighted by molar-refractivity contribution is 5.97. The minimum absolute atomic E-state index is 0.126. The number of para-hydroxylation sites is 1. The number of Topliss-reactive ketones (excluding diaryl/α,β-unsaturated/α-hetero) is 1. The molecule has 0 fully saturated rings. The normalized spacial score (nSPS) is 12.9. The van der Waals surface area contributed by atoms with Crippen LogP contribution in [-0.4, -0.2) is 19.0 Å². The second-order valence-corrected chi connectivity index (χ2v) is 3.94. The van der Waals surface area contributed by atoms with Crippen LogP contribution in [0.3, 0.4) is 0 Å². The van der Waals surface area contributed by atoms with Gasteiger partial charge in [0.25, 0.3) is 0 Å². The van der Waals surface area contributed by atoms with Crippen molar-refractivity contribution in [2.75, 3.05) is 7.11 Å². The summed E-state index contributed by atoms with van der Waals surface area (Å²) in [6.07, 6.45) is 0.0401. The van der Waals surface area contributed by atoms with E-state index >= 15 is 0 Å². The molecule has 0 saturated carbocycles. The second-order valence-electron chi connectivity index (χ2n) is 3.94. The van der Waals surface area contributed by atoms with Crippen molar-refractivity contribution in [3.63, 3.8) is 0 Å². The van der Waals surface area contributed by atoms with Gasteiger partial charge in [0.2, 0.25) is 5.78 Å². The quantitative estimate of drug-likeness (QED) is 0.765. The number of methoxy groups -OCH3 is 1. The molecule has 0 saturated heterocycles. The zero-order valence-electron chi connectivity index (χ0n) is 9.70. The smallest absolute Gasteiger partial charge is 0.200 e. The first kappa shape index (κ1) is 11.8. The molecule has 1 atom stereocenters. The van der Waals surface area contributed by atoms with Crippen LogP contribution in [0, 0.1) is 5.82 Å². The average molecular weight is 236 g/mol. The van der Waals surface area contributed by atoms with E-state index in [-0.39, 0.29) is 29.7 Å². The molecule has 0 N–H and O–H groups in total. The van der Waals surface area contributed by atoms with E-state index in [0.29, 0.717) is 5.39 Å². The fourth-order valence-corrected chi connectivity index (χ4v) is 1.61. The molecule has 0 aliphatic rings. The zero-order chi connectivity index (χ0) is 12.4. The molecule has 17 heavy (non-hydrogen) atoms. The van der Waals surface area contributed by atoms with E-state index in [0.717, 1.165) is 0 Å². The van der Waals surface area contributed by atoms with Gasteiger partial charge in [-0.3, -0.25) is 4.79 Å². The Balaban J connectivity index is 2.30. The average Bonchev–Trinajstić information content (AvgIpc) is 2.74. The topological polar surface area (TPSA) is 39.4 Å². The number of ketones is 1. The van der Waals surface area contributed by atoms with Crippen molar-refractivity contribution >= 4 is 16.8 Å². The van der Waals surface area contributed by atoms with Gasteiger partial charge in [0, 0.05) is 18.9 Å². The fourth-order valence-electron chi connectivity index (χ4n) is 1.61. The van der Waals surface area contributed by atoms with Crippen molar-refractivity contribution in [3.05, 3.63) is 35.8 Å². The van der Waals surface area contributed by atoms with E-state index in [1.165, 1.54) is 13.2 Å². The molecule has 1 heterocycles. The van der Waals surface area contributed by atoms with Crippen LogP contribution in [0.15, 0.2) is 28.7 Å². The highest BCUT2D eigenvalue weighted by atomic mass is 19.1. The molecule has 90 valence electrons. The van der Waals surface area contributed by atoms with E-state index in [1.54, 1.807) is 25.1 Å². The number of carbonyl (C=O) groups excluding carboxylic acids is 1. The van der Waals surface area contributed by atoms with Crippen LogP contribution in [0.2, 0.25) is 0 Å². The molecule has 0 radical (unpaired) electrons. The maximum atomic E-state index is 13.4. The number of halogens is 1. The molecule has 2 rings (SSSR count). The van der Waals surface area contributed by atoms with Gasteiger partial charge in [0.05, 0.1) is 6.10 Å². The maximum Gasteiger partial charge on any atom is 0.200 e. The molecule has 4 heteroatoms. The summed E-state index contributed by atoms with van der Waals surface area (Å²) in [7, 11) is 1.54. The number of hydrogen-bond acceptors (Lipinski definition) is 3. The van der Waals surface area contributed by atoms with Crippen molar-refractivity contribution in [3.8, 4) is 0 Å². The highest BCUT2D eigenvalue weighted by Crippen LogP contribution is 2.23. The first-order valence-electron chi connectivity index (χ1n) is 5.36. The van der Waals surface area contributed by atoms with Crippen LogP contribution in [0.4, 0.5) is 4.39 Å². The van der Waals surface area contributed by atoms with Crippen LogP contribution in [0.1, 0.15) is 23.9 Å². The summed E-state index contributed by atoms with van der Waals surface area (Å²) in [5.74, 6) is -0.467. The number of carbonyl (C=O) groups is 1.